The van der Waals surface area contributed by atoms with Crippen molar-refractivity contribution in [2.75, 3.05) is 31.1 Å². The lowest BCUT2D eigenvalue weighted by atomic mass is 10.1. The fourth-order valence-corrected chi connectivity index (χ4v) is 4.99. The van der Waals surface area contributed by atoms with Crippen molar-refractivity contribution >= 4 is 15.8 Å². The summed E-state index contributed by atoms with van der Waals surface area (Å²) in [5.41, 5.74) is 2.48. The van der Waals surface area contributed by atoms with Crippen LogP contribution < -0.4 is 4.90 Å². The predicted octanol–water partition coefficient (Wildman–Crippen LogP) is 1.98. The summed E-state index contributed by atoms with van der Waals surface area (Å²) < 4.78 is 32.5. The number of hydrogen-bond acceptors (Lipinski definition) is 5. The Hall–Kier alpha value is -1.86. The Morgan fingerprint density at radius 3 is 2.50 bits per heavy atom. The Morgan fingerprint density at radius 1 is 1.04 bits per heavy atom. The lowest BCUT2D eigenvalue weighted by Gasteiger charge is -2.33. The zero-order valence-electron chi connectivity index (χ0n) is 13.7. The smallest absolute Gasteiger partial charge is 0.243 e. The number of fused-ring (bicyclic) bond motifs is 1. The van der Waals surface area contributed by atoms with E-state index in [0.29, 0.717) is 31.1 Å². The molecule has 128 valence electrons. The maximum atomic E-state index is 12.9. The van der Waals surface area contributed by atoms with E-state index in [1.54, 1.807) is 10.4 Å². The van der Waals surface area contributed by atoms with Gasteiger partial charge in [0, 0.05) is 32.2 Å². The molecule has 1 saturated heterocycles. The van der Waals surface area contributed by atoms with Crippen LogP contribution in [0.3, 0.4) is 0 Å². The fraction of sp³-hybridized carbons (Fsp3) is 0.471. The molecule has 2 heterocycles. The first-order valence-electron chi connectivity index (χ1n) is 8.34. The number of nitrogens with zero attached hydrogens (tertiary/aromatic N) is 3. The minimum absolute atomic E-state index is 0.425. The van der Waals surface area contributed by atoms with Gasteiger partial charge in [0.15, 0.2) is 5.82 Å². The van der Waals surface area contributed by atoms with Crippen LogP contribution in [0, 0.1) is 6.92 Å². The van der Waals surface area contributed by atoms with E-state index in [1.807, 2.05) is 25.1 Å². The lowest BCUT2D eigenvalue weighted by molar-refractivity contribution is 0.371. The van der Waals surface area contributed by atoms with Crippen LogP contribution in [-0.4, -0.2) is 44.1 Å². The van der Waals surface area contributed by atoms with Crippen LogP contribution in [0.5, 0.6) is 0 Å². The molecular weight excluding hydrogens is 326 g/mol. The molecule has 2 aliphatic rings. The van der Waals surface area contributed by atoms with E-state index in [-0.39, 0.29) is 0 Å². The normalized spacial score (nSPS) is 18.8. The SMILES string of the molecule is Cc1cc(N2CCN(S(=O)(=O)c3ccc4c(c3)CCC4)CC2)no1. The van der Waals surface area contributed by atoms with Crippen molar-refractivity contribution in [2.24, 2.45) is 0 Å². The van der Waals surface area contributed by atoms with Gasteiger partial charge in [0.05, 0.1) is 4.90 Å². The number of aromatic nitrogens is 1. The molecular formula is C17H21N3O3S. The highest BCUT2D eigenvalue weighted by Crippen LogP contribution is 2.27. The zero-order valence-corrected chi connectivity index (χ0v) is 14.6. The Bertz CT molecular complexity index is 852. The number of rotatable bonds is 3. The first kappa shape index (κ1) is 15.7. The molecule has 1 aliphatic carbocycles. The first-order chi connectivity index (χ1) is 11.5. The van der Waals surface area contributed by atoms with Gasteiger partial charge in [-0.15, -0.1) is 0 Å². The molecule has 24 heavy (non-hydrogen) atoms. The topological polar surface area (TPSA) is 66.7 Å². The highest BCUT2D eigenvalue weighted by molar-refractivity contribution is 7.89. The van der Waals surface area contributed by atoms with Gasteiger partial charge in [-0.25, -0.2) is 8.42 Å². The molecule has 2 aromatic rings. The van der Waals surface area contributed by atoms with Crippen LogP contribution in [0.15, 0.2) is 33.7 Å². The van der Waals surface area contributed by atoms with Crippen LogP contribution in [0.2, 0.25) is 0 Å². The molecule has 0 saturated carbocycles. The van der Waals surface area contributed by atoms with Crippen LogP contribution in [0.1, 0.15) is 23.3 Å². The summed E-state index contributed by atoms with van der Waals surface area (Å²) in [5.74, 6) is 1.54. The molecule has 7 heteroatoms. The van der Waals surface area contributed by atoms with E-state index < -0.39 is 10.0 Å². The van der Waals surface area contributed by atoms with Crippen molar-refractivity contribution in [3.8, 4) is 0 Å². The third kappa shape index (κ3) is 2.71. The second-order valence-electron chi connectivity index (χ2n) is 6.47. The first-order valence-corrected chi connectivity index (χ1v) is 9.78. The van der Waals surface area contributed by atoms with Gasteiger partial charge >= 0.3 is 0 Å². The van der Waals surface area contributed by atoms with Gasteiger partial charge in [-0.05, 0) is 49.4 Å². The van der Waals surface area contributed by atoms with Gasteiger partial charge in [-0.1, -0.05) is 11.2 Å². The van der Waals surface area contributed by atoms with E-state index in [4.69, 9.17) is 4.52 Å². The van der Waals surface area contributed by atoms with Gasteiger partial charge < -0.3 is 9.42 Å². The van der Waals surface area contributed by atoms with Crippen LogP contribution >= 0.6 is 0 Å². The number of piperazine rings is 1. The molecule has 0 bridgehead atoms. The largest absolute Gasteiger partial charge is 0.360 e. The summed E-state index contributed by atoms with van der Waals surface area (Å²) in [7, 11) is -3.42. The molecule has 1 aromatic carbocycles. The third-order valence-corrected chi connectivity index (χ3v) is 6.78. The summed E-state index contributed by atoms with van der Waals surface area (Å²) in [5, 5.41) is 4.01. The summed E-state index contributed by atoms with van der Waals surface area (Å²) in [4.78, 5) is 2.49. The second kappa shape index (κ2) is 5.89. The molecule has 1 fully saturated rings. The quantitative estimate of drug-likeness (QED) is 0.849. The molecule has 4 rings (SSSR count). The van der Waals surface area contributed by atoms with Crippen molar-refractivity contribution in [2.45, 2.75) is 31.1 Å². The number of aryl methyl sites for hydroxylation is 3. The van der Waals surface area contributed by atoms with Crippen molar-refractivity contribution in [3.05, 3.63) is 41.2 Å². The monoisotopic (exact) mass is 347 g/mol. The van der Waals surface area contributed by atoms with Gasteiger partial charge in [-0.3, -0.25) is 0 Å². The molecule has 1 aromatic heterocycles. The summed E-state index contributed by atoms with van der Waals surface area (Å²) in [6.45, 7) is 4.02. The van der Waals surface area contributed by atoms with Crippen LogP contribution in [0.4, 0.5) is 5.82 Å². The maximum absolute atomic E-state index is 12.9. The van der Waals surface area contributed by atoms with Crippen molar-refractivity contribution in [3.63, 3.8) is 0 Å². The fourth-order valence-electron chi connectivity index (χ4n) is 3.52. The standard InChI is InChI=1S/C17H21N3O3S/c1-13-11-17(18-23-13)19-7-9-20(10-8-19)24(21,22)16-6-5-14-3-2-4-15(14)12-16/h5-6,11-12H,2-4,7-10H2,1H3. The lowest BCUT2D eigenvalue weighted by Crippen LogP contribution is -2.48. The van der Waals surface area contributed by atoms with Gasteiger partial charge in [-0.2, -0.15) is 4.31 Å². The van der Waals surface area contributed by atoms with E-state index in [1.165, 1.54) is 11.1 Å². The Morgan fingerprint density at radius 2 is 1.79 bits per heavy atom. The van der Waals surface area contributed by atoms with Gasteiger partial charge in [0.2, 0.25) is 10.0 Å². The number of benzene rings is 1. The number of hydrogen-bond donors (Lipinski definition) is 0. The van der Waals surface area contributed by atoms with Crippen molar-refractivity contribution in [1.82, 2.24) is 9.46 Å². The van der Waals surface area contributed by atoms with E-state index in [9.17, 15) is 8.42 Å². The molecule has 0 radical (unpaired) electrons. The average molecular weight is 347 g/mol. The van der Waals surface area contributed by atoms with Crippen molar-refractivity contribution < 1.29 is 12.9 Å². The Labute approximate surface area is 142 Å². The molecule has 0 atom stereocenters. The molecule has 0 spiro atoms. The molecule has 0 unspecified atom stereocenters. The van der Waals surface area contributed by atoms with E-state index in [0.717, 1.165) is 30.8 Å². The molecule has 0 amide bonds. The van der Waals surface area contributed by atoms with Gasteiger partial charge in [0.25, 0.3) is 0 Å². The highest BCUT2D eigenvalue weighted by atomic mass is 32.2. The van der Waals surface area contributed by atoms with Crippen LogP contribution in [-0.2, 0) is 22.9 Å². The van der Waals surface area contributed by atoms with E-state index >= 15 is 0 Å². The Balaban J connectivity index is 1.50. The summed E-state index contributed by atoms with van der Waals surface area (Å²) >= 11 is 0. The molecule has 0 N–H and O–H groups in total. The minimum atomic E-state index is -3.42. The van der Waals surface area contributed by atoms with Crippen molar-refractivity contribution in [1.29, 1.82) is 0 Å². The third-order valence-electron chi connectivity index (χ3n) is 4.89. The average Bonchev–Trinajstić information content (AvgIpc) is 3.23. The minimum Gasteiger partial charge on any atom is -0.360 e. The zero-order chi connectivity index (χ0) is 16.7. The van der Waals surface area contributed by atoms with Crippen LogP contribution in [0.25, 0.3) is 0 Å². The molecule has 6 nitrogen and oxygen atoms in total. The van der Waals surface area contributed by atoms with Gasteiger partial charge in [0.1, 0.15) is 5.76 Å². The molecule has 1 aliphatic heterocycles. The number of anilines is 1. The summed E-state index contributed by atoms with van der Waals surface area (Å²) in [6.07, 6.45) is 3.16. The predicted molar refractivity (Wildman–Crippen MR) is 90.7 cm³/mol. The summed E-state index contributed by atoms with van der Waals surface area (Å²) in [6, 6.07) is 7.48. The maximum Gasteiger partial charge on any atom is 0.243 e. The Kier molecular flexibility index (Phi) is 3.85. The highest BCUT2D eigenvalue weighted by Gasteiger charge is 2.30. The van der Waals surface area contributed by atoms with E-state index in [2.05, 4.69) is 10.1 Å². The second-order valence-corrected chi connectivity index (χ2v) is 8.41. The number of sulfonamides is 1.